The third-order valence-electron chi connectivity index (χ3n) is 3.82. The fraction of sp³-hybridized carbons (Fsp3) is 0.0952. The third-order valence-corrected chi connectivity index (χ3v) is 3.82. The molecule has 1 N–H and O–H groups in total. The molecular formula is C21H17NO4. The van der Waals surface area contributed by atoms with Crippen LogP contribution < -0.4 is 5.32 Å². The van der Waals surface area contributed by atoms with Gasteiger partial charge in [0, 0.05) is 18.2 Å². The van der Waals surface area contributed by atoms with Gasteiger partial charge in [0.25, 0.3) is 0 Å². The van der Waals surface area contributed by atoms with E-state index in [-0.39, 0.29) is 23.9 Å². The molecule has 0 unspecified atom stereocenters. The molecule has 0 aliphatic carbocycles. The zero-order chi connectivity index (χ0) is 18.5. The first kappa shape index (κ1) is 17.4. The van der Waals surface area contributed by atoms with E-state index < -0.39 is 5.97 Å². The summed E-state index contributed by atoms with van der Waals surface area (Å²) >= 11 is 0. The molecule has 0 bridgehead atoms. The number of esters is 1. The van der Waals surface area contributed by atoms with Crippen LogP contribution in [0, 0.1) is 0 Å². The Kier molecular flexibility index (Phi) is 5.08. The van der Waals surface area contributed by atoms with E-state index in [4.69, 9.17) is 4.74 Å². The molecule has 1 amide bonds. The number of nitrogens with one attached hydrogen (secondary N) is 1. The highest BCUT2D eigenvalue weighted by atomic mass is 16.5. The summed E-state index contributed by atoms with van der Waals surface area (Å²) in [4.78, 5) is 35.5. The fourth-order valence-corrected chi connectivity index (χ4v) is 2.59. The Bertz CT molecular complexity index is 994. The number of ketones is 1. The highest BCUT2D eigenvalue weighted by molar-refractivity contribution is 6.02. The van der Waals surface area contributed by atoms with Crippen LogP contribution in [0.1, 0.15) is 27.6 Å². The molecule has 5 heteroatoms. The third kappa shape index (κ3) is 4.13. The number of anilines is 1. The molecule has 0 saturated heterocycles. The maximum atomic E-state index is 12.3. The van der Waals surface area contributed by atoms with Crippen molar-refractivity contribution in [3.8, 4) is 0 Å². The molecule has 5 nitrogen and oxygen atoms in total. The van der Waals surface area contributed by atoms with Gasteiger partial charge in [0.05, 0.1) is 5.56 Å². The highest BCUT2D eigenvalue weighted by Gasteiger charge is 2.13. The molecule has 0 aliphatic heterocycles. The first-order valence-corrected chi connectivity index (χ1v) is 8.10. The minimum atomic E-state index is -0.619. The van der Waals surface area contributed by atoms with Crippen LogP contribution in [0.4, 0.5) is 5.69 Å². The van der Waals surface area contributed by atoms with Crippen LogP contribution in [0.2, 0.25) is 0 Å². The topological polar surface area (TPSA) is 72.5 Å². The largest absolute Gasteiger partial charge is 0.454 e. The van der Waals surface area contributed by atoms with Crippen molar-refractivity contribution in [2.45, 2.75) is 6.92 Å². The molecular weight excluding hydrogens is 330 g/mol. The summed E-state index contributed by atoms with van der Waals surface area (Å²) in [6.45, 7) is 1.04. The summed E-state index contributed by atoms with van der Waals surface area (Å²) in [6.07, 6.45) is 0. The van der Waals surface area contributed by atoms with Crippen LogP contribution in [0.25, 0.3) is 10.8 Å². The SMILES string of the molecule is CC(=O)Nc1cccc(C(=O)OCC(=O)c2ccc3ccccc3c2)c1. The lowest BCUT2D eigenvalue weighted by atomic mass is 10.0. The van der Waals surface area contributed by atoms with Crippen LogP contribution in [-0.4, -0.2) is 24.3 Å². The first-order valence-electron chi connectivity index (χ1n) is 8.10. The van der Waals surface area contributed by atoms with Crippen LogP contribution in [-0.2, 0) is 9.53 Å². The molecule has 3 aromatic carbocycles. The van der Waals surface area contributed by atoms with Crippen molar-refractivity contribution in [3.63, 3.8) is 0 Å². The summed E-state index contributed by atoms with van der Waals surface area (Å²) in [7, 11) is 0. The van der Waals surface area contributed by atoms with Crippen molar-refractivity contribution < 1.29 is 19.1 Å². The second-order valence-electron chi connectivity index (χ2n) is 5.82. The monoisotopic (exact) mass is 347 g/mol. The number of ether oxygens (including phenoxy) is 1. The molecule has 0 aromatic heterocycles. The Morgan fingerprint density at radius 3 is 2.38 bits per heavy atom. The predicted octanol–water partition coefficient (Wildman–Crippen LogP) is 3.84. The molecule has 0 spiro atoms. The van der Waals surface area contributed by atoms with Gasteiger partial charge in [0.2, 0.25) is 5.91 Å². The second kappa shape index (κ2) is 7.61. The Hall–Kier alpha value is -3.47. The first-order chi connectivity index (χ1) is 12.5. The Labute approximate surface area is 150 Å². The van der Waals surface area contributed by atoms with E-state index in [1.54, 1.807) is 30.3 Å². The lowest BCUT2D eigenvalue weighted by molar-refractivity contribution is -0.114. The van der Waals surface area contributed by atoms with E-state index in [0.717, 1.165) is 10.8 Å². The van der Waals surface area contributed by atoms with E-state index in [1.165, 1.54) is 13.0 Å². The molecule has 3 rings (SSSR count). The number of hydrogen-bond acceptors (Lipinski definition) is 4. The van der Waals surface area contributed by atoms with Crippen molar-refractivity contribution >= 4 is 34.1 Å². The normalized spacial score (nSPS) is 10.3. The molecule has 0 heterocycles. The van der Waals surface area contributed by atoms with Crippen molar-refractivity contribution in [1.82, 2.24) is 0 Å². The van der Waals surface area contributed by atoms with Gasteiger partial charge in [-0.05, 0) is 35.0 Å². The van der Waals surface area contributed by atoms with Gasteiger partial charge in [0.1, 0.15) is 0 Å². The van der Waals surface area contributed by atoms with Crippen LogP contribution >= 0.6 is 0 Å². The maximum absolute atomic E-state index is 12.3. The fourth-order valence-electron chi connectivity index (χ4n) is 2.59. The number of fused-ring (bicyclic) bond motifs is 1. The van der Waals surface area contributed by atoms with Gasteiger partial charge < -0.3 is 10.1 Å². The number of carbonyl (C=O) groups is 3. The van der Waals surface area contributed by atoms with Gasteiger partial charge in [0.15, 0.2) is 12.4 Å². The molecule has 0 aliphatic rings. The van der Waals surface area contributed by atoms with Crippen molar-refractivity contribution in [2.24, 2.45) is 0 Å². The Balaban J connectivity index is 1.66. The van der Waals surface area contributed by atoms with Gasteiger partial charge in [-0.2, -0.15) is 0 Å². The summed E-state index contributed by atoms with van der Waals surface area (Å²) in [5.74, 6) is -1.13. The zero-order valence-electron chi connectivity index (χ0n) is 14.2. The minimum absolute atomic E-state index is 0.234. The lowest BCUT2D eigenvalue weighted by Crippen LogP contribution is -2.14. The molecule has 0 atom stereocenters. The van der Waals surface area contributed by atoms with E-state index >= 15 is 0 Å². The molecule has 130 valence electrons. The zero-order valence-corrected chi connectivity index (χ0v) is 14.2. The predicted molar refractivity (Wildman–Crippen MR) is 99.3 cm³/mol. The summed E-state index contributed by atoms with van der Waals surface area (Å²) in [5, 5.41) is 4.58. The smallest absolute Gasteiger partial charge is 0.338 e. The van der Waals surface area contributed by atoms with Crippen molar-refractivity contribution in [3.05, 3.63) is 77.9 Å². The van der Waals surface area contributed by atoms with Gasteiger partial charge in [-0.15, -0.1) is 0 Å². The van der Waals surface area contributed by atoms with E-state index in [9.17, 15) is 14.4 Å². The highest BCUT2D eigenvalue weighted by Crippen LogP contribution is 2.16. The number of rotatable bonds is 5. The quantitative estimate of drug-likeness (QED) is 0.562. The lowest BCUT2D eigenvalue weighted by Gasteiger charge is -2.07. The van der Waals surface area contributed by atoms with Gasteiger partial charge in [-0.25, -0.2) is 4.79 Å². The van der Waals surface area contributed by atoms with E-state index in [2.05, 4.69) is 5.32 Å². The van der Waals surface area contributed by atoms with Crippen LogP contribution in [0.5, 0.6) is 0 Å². The van der Waals surface area contributed by atoms with Crippen LogP contribution in [0.3, 0.4) is 0 Å². The molecule has 0 fully saturated rings. The molecule has 0 saturated carbocycles. The minimum Gasteiger partial charge on any atom is -0.454 e. The summed E-state index contributed by atoms with van der Waals surface area (Å²) in [5.41, 5.74) is 1.25. The number of hydrogen-bond donors (Lipinski definition) is 1. The average molecular weight is 347 g/mol. The standard InChI is InChI=1S/C21H17NO4/c1-14(23)22-19-8-4-7-18(12-19)21(25)26-13-20(24)17-10-9-15-5-2-3-6-16(15)11-17/h2-12H,13H2,1H3,(H,22,23). The molecule has 26 heavy (non-hydrogen) atoms. The second-order valence-corrected chi connectivity index (χ2v) is 5.82. The van der Waals surface area contributed by atoms with Crippen LogP contribution in [0.15, 0.2) is 66.7 Å². The summed E-state index contributed by atoms with van der Waals surface area (Å²) < 4.78 is 5.12. The maximum Gasteiger partial charge on any atom is 0.338 e. The number of Topliss-reactive ketones (excluding diaryl/α,β-unsaturated/α-hetero) is 1. The molecule has 3 aromatic rings. The van der Waals surface area contributed by atoms with Gasteiger partial charge in [-0.3, -0.25) is 9.59 Å². The Morgan fingerprint density at radius 1 is 0.846 bits per heavy atom. The van der Waals surface area contributed by atoms with E-state index in [0.29, 0.717) is 11.3 Å². The van der Waals surface area contributed by atoms with Crippen molar-refractivity contribution in [2.75, 3.05) is 11.9 Å². The number of carbonyl (C=O) groups excluding carboxylic acids is 3. The average Bonchev–Trinajstić information content (AvgIpc) is 2.65. The molecule has 0 radical (unpaired) electrons. The number of amides is 1. The van der Waals surface area contributed by atoms with Gasteiger partial charge >= 0.3 is 5.97 Å². The Morgan fingerprint density at radius 2 is 1.62 bits per heavy atom. The summed E-state index contributed by atoms with van der Waals surface area (Å²) in [6, 6.07) is 19.4. The van der Waals surface area contributed by atoms with Crippen molar-refractivity contribution in [1.29, 1.82) is 0 Å². The van der Waals surface area contributed by atoms with Gasteiger partial charge in [-0.1, -0.05) is 42.5 Å². The van der Waals surface area contributed by atoms with E-state index in [1.807, 2.05) is 30.3 Å². The number of benzene rings is 3.